The van der Waals surface area contributed by atoms with Crippen molar-refractivity contribution in [3.8, 4) is 5.69 Å². The topological polar surface area (TPSA) is 51.0 Å². The molecule has 144 valence electrons. The molecule has 0 aliphatic heterocycles. The smallest absolute Gasteiger partial charge is 0.233 e. The maximum atomic E-state index is 12.7. The lowest BCUT2D eigenvalue weighted by Crippen LogP contribution is -2.31. The Balaban J connectivity index is 1.45. The average molecular weight is 411 g/mol. The summed E-state index contributed by atoms with van der Waals surface area (Å²) in [5.41, 5.74) is 1.01. The molecule has 1 amide bonds. The van der Waals surface area contributed by atoms with Crippen molar-refractivity contribution in [3.63, 3.8) is 0 Å². The van der Waals surface area contributed by atoms with E-state index in [1.807, 2.05) is 57.4 Å². The number of nitrogens with zero attached hydrogens (tertiary/aromatic N) is 4. The van der Waals surface area contributed by atoms with Gasteiger partial charge in [0.1, 0.15) is 5.82 Å². The van der Waals surface area contributed by atoms with Crippen molar-refractivity contribution in [2.24, 2.45) is 0 Å². The minimum absolute atomic E-state index is 0.0716. The van der Waals surface area contributed by atoms with Crippen LogP contribution >= 0.6 is 23.1 Å². The van der Waals surface area contributed by atoms with E-state index < -0.39 is 0 Å². The third kappa shape index (κ3) is 4.54. The van der Waals surface area contributed by atoms with Gasteiger partial charge in [0.2, 0.25) is 11.1 Å². The zero-order valence-corrected chi connectivity index (χ0v) is 17.2. The van der Waals surface area contributed by atoms with Crippen molar-refractivity contribution in [2.45, 2.75) is 30.5 Å². The molecule has 1 aliphatic rings. The second kappa shape index (κ2) is 8.75. The van der Waals surface area contributed by atoms with Crippen LogP contribution in [0, 0.1) is 0 Å². The first kappa shape index (κ1) is 19.0. The summed E-state index contributed by atoms with van der Waals surface area (Å²) < 4.78 is 1.93. The number of rotatable bonds is 9. The van der Waals surface area contributed by atoms with Crippen LogP contribution in [0.1, 0.15) is 29.5 Å². The molecule has 0 bridgehead atoms. The zero-order chi connectivity index (χ0) is 19.3. The highest BCUT2D eigenvalue weighted by molar-refractivity contribution is 7.99. The molecule has 28 heavy (non-hydrogen) atoms. The number of thiophene rings is 1. The Morgan fingerprint density at radius 1 is 1.29 bits per heavy atom. The summed E-state index contributed by atoms with van der Waals surface area (Å²) in [5.74, 6) is 1.88. The lowest BCUT2D eigenvalue weighted by atomic mass is 10.3. The van der Waals surface area contributed by atoms with E-state index >= 15 is 0 Å². The van der Waals surface area contributed by atoms with E-state index in [4.69, 9.17) is 4.98 Å². The molecule has 0 N–H and O–H groups in total. The van der Waals surface area contributed by atoms with Crippen molar-refractivity contribution in [1.82, 2.24) is 19.7 Å². The molecule has 4 rings (SSSR count). The van der Waals surface area contributed by atoms with Gasteiger partial charge < -0.3 is 4.90 Å². The highest BCUT2D eigenvalue weighted by Gasteiger charge is 2.30. The van der Waals surface area contributed by atoms with Crippen molar-refractivity contribution < 1.29 is 4.79 Å². The van der Waals surface area contributed by atoms with Crippen LogP contribution in [0.5, 0.6) is 0 Å². The largest absolute Gasteiger partial charge is 0.333 e. The van der Waals surface area contributed by atoms with E-state index in [1.165, 1.54) is 16.6 Å². The Morgan fingerprint density at radius 2 is 2.11 bits per heavy atom. The van der Waals surface area contributed by atoms with Crippen LogP contribution in [0.2, 0.25) is 0 Å². The molecule has 1 aromatic carbocycles. The summed E-state index contributed by atoms with van der Waals surface area (Å²) >= 11 is 3.06. The molecule has 3 aromatic rings. The molecule has 0 radical (unpaired) electrons. The van der Waals surface area contributed by atoms with Gasteiger partial charge in [0.05, 0.1) is 18.0 Å². The molecule has 0 spiro atoms. The molecular weight excluding hydrogens is 388 g/mol. The van der Waals surface area contributed by atoms with Gasteiger partial charge in [0, 0.05) is 17.3 Å². The Labute approximate surface area is 173 Å². The summed E-state index contributed by atoms with van der Waals surface area (Å²) in [4.78, 5) is 20.5. The first-order valence-corrected chi connectivity index (χ1v) is 11.2. The molecule has 0 saturated heterocycles. The SMILES string of the molecule is C=CCN(Cc1cccs1)C(=O)CSc1nc(C2CC2)n(-c2ccccc2)n1. The van der Waals surface area contributed by atoms with E-state index in [-0.39, 0.29) is 5.91 Å². The van der Waals surface area contributed by atoms with Gasteiger partial charge in [0.25, 0.3) is 0 Å². The number of thioether (sulfide) groups is 1. The van der Waals surface area contributed by atoms with Crippen LogP contribution < -0.4 is 0 Å². The summed E-state index contributed by atoms with van der Waals surface area (Å²) in [7, 11) is 0. The van der Waals surface area contributed by atoms with Gasteiger partial charge in [0.15, 0.2) is 0 Å². The second-order valence-electron chi connectivity index (χ2n) is 6.71. The standard InChI is InChI=1S/C21H22N4OS2/c1-2-12-24(14-18-9-6-13-27-18)19(26)15-28-21-22-20(16-10-11-16)25(23-21)17-7-4-3-5-8-17/h2-9,13,16H,1,10-12,14-15H2. The second-order valence-corrected chi connectivity index (χ2v) is 8.68. The summed E-state index contributed by atoms with van der Waals surface area (Å²) in [6.45, 7) is 4.93. The van der Waals surface area contributed by atoms with Crippen LogP contribution in [0.3, 0.4) is 0 Å². The number of amides is 1. The minimum atomic E-state index is 0.0716. The Kier molecular flexibility index (Phi) is 5.92. The Bertz CT molecular complexity index is 933. The van der Waals surface area contributed by atoms with E-state index in [2.05, 4.69) is 11.7 Å². The van der Waals surface area contributed by atoms with E-state index in [9.17, 15) is 4.79 Å². The van der Waals surface area contributed by atoms with Crippen LogP contribution in [-0.2, 0) is 11.3 Å². The number of benzene rings is 1. The molecule has 0 unspecified atom stereocenters. The lowest BCUT2D eigenvalue weighted by molar-refractivity contribution is -0.128. The van der Waals surface area contributed by atoms with E-state index in [1.54, 1.807) is 17.4 Å². The number of hydrogen-bond acceptors (Lipinski definition) is 5. The van der Waals surface area contributed by atoms with Gasteiger partial charge in [-0.15, -0.1) is 23.0 Å². The van der Waals surface area contributed by atoms with Gasteiger partial charge in [-0.1, -0.05) is 42.1 Å². The van der Waals surface area contributed by atoms with Crippen molar-refractivity contribution in [3.05, 3.63) is 71.2 Å². The summed E-state index contributed by atoms with van der Waals surface area (Å²) in [5, 5.41) is 7.36. The number of carbonyl (C=O) groups excluding carboxylic acids is 1. The third-order valence-corrected chi connectivity index (χ3v) is 6.19. The quantitative estimate of drug-likeness (QED) is 0.385. The van der Waals surface area contributed by atoms with Crippen LogP contribution in [0.15, 0.2) is 65.7 Å². The van der Waals surface area contributed by atoms with Crippen molar-refractivity contribution in [2.75, 3.05) is 12.3 Å². The number of aromatic nitrogens is 3. The first-order valence-electron chi connectivity index (χ1n) is 9.31. The first-order chi connectivity index (χ1) is 13.7. The normalized spacial score (nSPS) is 13.4. The van der Waals surface area contributed by atoms with Gasteiger partial charge >= 0.3 is 0 Å². The average Bonchev–Trinajstić information content (AvgIpc) is 3.26. The minimum Gasteiger partial charge on any atom is -0.333 e. The lowest BCUT2D eigenvalue weighted by Gasteiger charge is -2.19. The van der Waals surface area contributed by atoms with Gasteiger partial charge in [-0.3, -0.25) is 4.79 Å². The van der Waals surface area contributed by atoms with E-state index in [0.717, 1.165) is 24.4 Å². The fourth-order valence-corrected chi connectivity index (χ4v) is 4.40. The Hall–Kier alpha value is -2.38. The number of para-hydroxylation sites is 1. The predicted octanol–water partition coefficient (Wildman–Crippen LogP) is 4.51. The number of hydrogen-bond donors (Lipinski definition) is 0. The maximum Gasteiger partial charge on any atom is 0.233 e. The molecular formula is C21H22N4OS2. The predicted molar refractivity (Wildman–Crippen MR) is 114 cm³/mol. The van der Waals surface area contributed by atoms with Crippen LogP contribution in [0.4, 0.5) is 0 Å². The summed E-state index contributed by atoms with van der Waals surface area (Å²) in [6, 6.07) is 14.1. The van der Waals surface area contributed by atoms with Gasteiger partial charge in [-0.25, -0.2) is 9.67 Å². The zero-order valence-electron chi connectivity index (χ0n) is 15.5. The fourth-order valence-electron chi connectivity index (χ4n) is 2.95. The molecule has 2 heterocycles. The summed E-state index contributed by atoms with van der Waals surface area (Å²) in [6.07, 6.45) is 4.08. The Morgan fingerprint density at radius 3 is 2.79 bits per heavy atom. The molecule has 0 atom stereocenters. The third-order valence-electron chi connectivity index (χ3n) is 4.51. The highest BCUT2D eigenvalue weighted by atomic mass is 32.2. The molecule has 1 saturated carbocycles. The van der Waals surface area contributed by atoms with E-state index in [0.29, 0.717) is 29.9 Å². The monoisotopic (exact) mass is 410 g/mol. The molecule has 2 aromatic heterocycles. The fraction of sp³-hybridized carbons (Fsp3) is 0.286. The van der Waals surface area contributed by atoms with Crippen LogP contribution in [0.25, 0.3) is 5.69 Å². The molecule has 7 heteroatoms. The highest BCUT2D eigenvalue weighted by Crippen LogP contribution is 2.40. The number of carbonyl (C=O) groups is 1. The molecule has 1 aliphatic carbocycles. The van der Waals surface area contributed by atoms with Crippen molar-refractivity contribution in [1.29, 1.82) is 0 Å². The van der Waals surface area contributed by atoms with Crippen molar-refractivity contribution >= 4 is 29.0 Å². The van der Waals surface area contributed by atoms with Gasteiger partial charge in [-0.05, 0) is 36.4 Å². The molecule has 1 fully saturated rings. The maximum absolute atomic E-state index is 12.7. The van der Waals surface area contributed by atoms with Crippen LogP contribution in [-0.4, -0.2) is 37.9 Å². The van der Waals surface area contributed by atoms with Gasteiger partial charge in [-0.2, -0.15) is 0 Å². The molecule has 5 nitrogen and oxygen atoms in total.